The van der Waals surface area contributed by atoms with E-state index in [-0.39, 0.29) is 0 Å². The monoisotopic (exact) mass is 489 g/mol. The molecule has 2 aromatic carbocycles. The maximum absolute atomic E-state index is 13.9. The lowest BCUT2D eigenvalue weighted by Gasteiger charge is -2.14. The molecule has 4 rings (SSSR count). The van der Waals surface area contributed by atoms with Gasteiger partial charge in [-0.3, -0.25) is 14.3 Å². The van der Waals surface area contributed by atoms with Gasteiger partial charge in [0.1, 0.15) is 0 Å². The topological polar surface area (TPSA) is 72.7 Å². The molecule has 0 aliphatic rings. The van der Waals surface area contributed by atoms with Crippen molar-refractivity contribution in [1.29, 1.82) is 0 Å². The van der Waals surface area contributed by atoms with E-state index in [0.717, 1.165) is 29.5 Å². The number of hydrogen-bond donors (Lipinski definition) is 1. The summed E-state index contributed by atoms with van der Waals surface area (Å²) in [4.78, 5) is 16.6. The molecule has 0 bridgehead atoms. The van der Waals surface area contributed by atoms with E-state index in [4.69, 9.17) is 11.6 Å². The van der Waals surface area contributed by atoms with Gasteiger partial charge in [0, 0.05) is 28.7 Å². The standard InChI is InChI=1S/C22H15ClF3N5OS/c1-12(21(32)28-17-7-6-16(24)18(25)19(17)26)33-22-30-29-20(13-8-10-27-11-9-13)31(22)15-4-2-14(23)3-5-15/h2-12H,1H3,(H,28,32). The maximum atomic E-state index is 13.9. The lowest BCUT2D eigenvalue weighted by Crippen LogP contribution is -2.23. The predicted molar refractivity (Wildman–Crippen MR) is 120 cm³/mol. The first-order valence-electron chi connectivity index (χ1n) is 9.58. The van der Waals surface area contributed by atoms with Crippen LogP contribution < -0.4 is 5.32 Å². The largest absolute Gasteiger partial charge is 0.323 e. The molecule has 0 aliphatic carbocycles. The Labute approximate surface area is 195 Å². The molecular formula is C22H15ClF3N5OS. The van der Waals surface area contributed by atoms with Gasteiger partial charge in [0.25, 0.3) is 0 Å². The number of rotatable bonds is 6. The fraction of sp³-hybridized carbons (Fsp3) is 0.0909. The zero-order valence-electron chi connectivity index (χ0n) is 17.0. The van der Waals surface area contributed by atoms with Gasteiger partial charge in [0.15, 0.2) is 28.4 Å². The van der Waals surface area contributed by atoms with Crippen molar-refractivity contribution in [3.63, 3.8) is 0 Å². The van der Waals surface area contributed by atoms with Crippen LogP contribution in [-0.4, -0.2) is 30.9 Å². The highest BCUT2D eigenvalue weighted by Gasteiger charge is 2.23. The molecule has 0 saturated carbocycles. The van der Waals surface area contributed by atoms with Crippen LogP contribution in [0.3, 0.4) is 0 Å². The summed E-state index contributed by atoms with van der Waals surface area (Å²) in [5.41, 5.74) is 1.00. The first kappa shape index (κ1) is 22.8. The molecule has 1 N–H and O–H groups in total. The van der Waals surface area contributed by atoms with Gasteiger partial charge < -0.3 is 5.32 Å². The summed E-state index contributed by atoms with van der Waals surface area (Å²) in [6.07, 6.45) is 3.24. The highest BCUT2D eigenvalue weighted by Crippen LogP contribution is 2.31. The summed E-state index contributed by atoms with van der Waals surface area (Å²) < 4.78 is 42.3. The number of aromatic nitrogens is 4. The number of carbonyl (C=O) groups excluding carboxylic acids is 1. The van der Waals surface area contributed by atoms with Crippen LogP contribution in [-0.2, 0) is 4.79 Å². The minimum absolute atomic E-state index is 0.387. The van der Waals surface area contributed by atoms with Gasteiger partial charge in [0.05, 0.1) is 10.9 Å². The number of carbonyl (C=O) groups is 1. The third-order valence-corrected chi connectivity index (χ3v) is 5.90. The van der Waals surface area contributed by atoms with Crippen molar-refractivity contribution in [3.05, 3.63) is 83.4 Å². The van der Waals surface area contributed by atoms with E-state index >= 15 is 0 Å². The van der Waals surface area contributed by atoms with Crippen LogP contribution in [0.1, 0.15) is 6.92 Å². The van der Waals surface area contributed by atoms with E-state index in [2.05, 4.69) is 20.5 Å². The quantitative estimate of drug-likeness (QED) is 0.285. The number of thioether (sulfide) groups is 1. The van der Waals surface area contributed by atoms with E-state index in [1.807, 2.05) is 0 Å². The summed E-state index contributed by atoms with van der Waals surface area (Å²) in [7, 11) is 0. The molecule has 1 atom stereocenters. The fourth-order valence-corrected chi connectivity index (χ4v) is 3.92. The van der Waals surface area contributed by atoms with Crippen molar-refractivity contribution in [1.82, 2.24) is 19.7 Å². The predicted octanol–water partition coefficient (Wildman–Crippen LogP) is 5.52. The second-order valence-electron chi connectivity index (χ2n) is 6.83. The Bertz CT molecular complexity index is 1300. The highest BCUT2D eigenvalue weighted by molar-refractivity contribution is 8.00. The summed E-state index contributed by atoms with van der Waals surface area (Å²) >= 11 is 7.08. The summed E-state index contributed by atoms with van der Waals surface area (Å²) in [5.74, 6) is -4.57. The Morgan fingerprint density at radius 3 is 2.39 bits per heavy atom. The van der Waals surface area contributed by atoms with Gasteiger partial charge in [0.2, 0.25) is 5.91 Å². The minimum Gasteiger partial charge on any atom is -0.323 e. The van der Waals surface area contributed by atoms with Crippen LogP contribution in [0.25, 0.3) is 17.1 Å². The Morgan fingerprint density at radius 2 is 1.70 bits per heavy atom. The molecule has 1 amide bonds. The molecule has 0 radical (unpaired) electrons. The maximum Gasteiger partial charge on any atom is 0.237 e. The molecule has 0 saturated heterocycles. The molecule has 1 unspecified atom stereocenters. The van der Waals surface area contributed by atoms with Crippen LogP contribution in [0.2, 0.25) is 5.02 Å². The zero-order chi connectivity index (χ0) is 23.5. The lowest BCUT2D eigenvalue weighted by atomic mass is 10.2. The second kappa shape index (κ2) is 9.63. The fourth-order valence-electron chi connectivity index (χ4n) is 2.93. The molecule has 0 spiro atoms. The van der Waals surface area contributed by atoms with Gasteiger partial charge in [-0.2, -0.15) is 0 Å². The molecule has 2 heterocycles. The van der Waals surface area contributed by atoms with Gasteiger partial charge in [-0.25, -0.2) is 13.2 Å². The van der Waals surface area contributed by atoms with E-state index in [1.165, 1.54) is 0 Å². The molecular weight excluding hydrogens is 475 g/mol. The Morgan fingerprint density at radius 1 is 1.00 bits per heavy atom. The van der Waals surface area contributed by atoms with Gasteiger partial charge >= 0.3 is 0 Å². The number of nitrogens with one attached hydrogen (secondary N) is 1. The molecule has 168 valence electrons. The van der Waals surface area contributed by atoms with Crippen LogP contribution >= 0.6 is 23.4 Å². The second-order valence-corrected chi connectivity index (χ2v) is 8.57. The lowest BCUT2D eigenvalue weighted by molar-refractivity contribution is -0.115. The molecule has 0 fully saturated rings. The molecule has 0 aliphatic heterocycles. The van der Waals surface area contributed by atoms with Crippen molar-refractivity contribution < 1.29 is 18.0 Å². The number of hydrogen-bond acceptors (Lipinski definition) is 5. The third-order valence-electron chi connectivity index (χ3n) is 4.60. The highest BCUT2D eigenvalue weighted by atomic mass is 35.5. The average Bonchev–Trinajstić information content (AvgIpc) is 3.24. The first-order chi connectivity index (χ1) is 15.8. The minimum atomic E-state index is -1.66. The number of benzene rings is 2. The Hall–Kier alpha value is -3.37. The van der Waals surface area contributed by atoms with E-state index in [1.54, 1.807) is 60.3 Å². The molecule has 11 heteroatoms. The van der Waals surface area contributed by atoms with Crippen molar-refractivity contribution in [2.75, 3.05) is 5.32 Å². The van der Waals surface area contributed by atoms with E-state index in [9.17, 15) is 18.0 Å². The third kappa shape index (κ3) is 4.86. The number of anilines is 1. The first-order valence-corrected chi connectivity index (χ1v) is 10.8. The normalized spacial score (nSPS) is 11.9. The van der Waals surface area contributed by atoms with Crippen LogP contribution in [0.4, 0.5) is 18.9 Å². The Kier molecular flexibility index (Phi) is 6.66. The Balaban J connectivity index is 1.64. The summed E-state index contributed by atoms with van der Waals surface area (Å²) in [6.45, 7) is 1.57. The van der Waals surface area contributed by atoms with Crippen molar-refractivity contribution in [3.8, 4) is 17.1 Å². The van der Waals surface area contributed by atoms with Gasteiger partial charge in [-0.05, 0) is 55.5 Å². The van der Waals surface area contributed by atoms with Crippen LogP contribution in [0, 0.1) is 17.5 Å². The van der Waals surface area contributed by atoms with E-state index < -0.39 is 34.3 Å². The summed E-state index contributed by atoms with van der Waals surface area (Å²) in [5, 5.41) is 10.9. The van der Waals surface area contributed by atoms with E-state index in [0.29, 0.717) is 21.7 Å². The number of pyridine rings is 1. The number of amides is 1. The van der Waals surface area contributed by atoms with Gasteiger partial charge in [-0.15, -0.1) is 10.2 Å². The van der Waals surface area contributed by atoms with Crippen LogP contribution in [0.5, 0.6) is 0 Å². The average molecular weight is 490 g/mol. The number of halogens is 4. The van der Waals surface area contributed by atoms with Crippen molar-refractivity contribution >= 4 is 35.0 Å². The molecule has 33 heavy (non-hydrogen) atoms. The van der Waals surface area contributed by atoms with Gasteiger partial charge in [-0.1, -0.05) is 23.4 Å². The number of nitrogens with zero attached hydrogens (tertiary/aromatic N) is 4. The smallest absolute Gasteiger partial charge is 0.237 e. The zero-order valence-corrected chi connectivity index (χ0v) is 18.5. The summed E-state index contributed by atoms with van der Waals surface area (Å²) in [6, 6.07) is 12.2. The van der Waals surface area contributed by atoms with Crippen molar-refractivity contribution in [2.45, 2.75) is 17.3 Å². The molecule has 4 aromatic rings. The molecule has 6 nitrogen and oxygen atoms in total. The SMILES string of the molecule is CC(Sc1nnc(-c2ccncc2)n1-c1ccc(Cl)cc1)C(=O)Nc1ccc(F)c(F)c1F. The molecule has 2 aromatic heterocycles. The van der Waals surface area contributed by atoms with Crippen molar-refractivity contribution in [2.24, 2.45) is 0 Å². The van der Waals surface area contributed by atoms with Crippen LogP contribution in [0.15, 0.2) is 66.1 Å².